The van der Waals surface area contributed by atoms with Crippen molar-refractivity contribution in [3.05, 3.63) is 72.8 Å². The lowest BCUT2D eigenvalue weighted by molar-refractivity contribution is -0.151. The minimum Gasteiger partial charge on any atom is -0.452 e. The fourth-order valence-corrected chi connectivity index (χ4v) is 3.76. The first kappa shape index (κ1) is 21.4. The lowest BCUT2D eigenvalue weighted by Gasteiger charge is -2.25. The molecular formula is C24H22N2O3S. The molecule has 152 valence electrons. The molecule has 1 atom stereocenters. The largest absolute Gasteiger partial charge is 0.452 e. The molecule has 0 saturated heterocycles. The van der Waals surface area contributed by atoms with Crippen LogP contribution in [0.1, 0.15) is 13.3 Å². The monoisotopic (exact) mass is 418 g/mol. The molecule has 0 aliphatic heterocycles. The van der Waals surface area contributed by atoms with Gasteiger partial charge in [-0.05, 0) is 42.0 Å². The number of rotatable bonds is 8. The molecule has 0 aliphatic carbocycles. The van der Waals surface area contributed by atoms with E-state index >= 15 is 0 Å². The zero-order valence-corrected chi connectivity index (χ0v) is 17.5. The van der Waals surface area contributed by atoms with Crippen molar-refractivity contribution in [2.45, 2.75) is 24.3 Å². The summed E-state index contributed by atoms with van der Waals surface area (Å²) in [5, 5.41) is 11.1. The molecule has 1 amide bonds. The molecule has 0 saturated carbocycles. The van der Waals surface area contributed by atoms with Gasteiger partial charge in [-0.15, -0.1) is 11.8 Å². The zero-order chi connectivity index (χ0) is 21.3. The van der Waals surface area contributed by atoms with Crippen LogP contribution in [-0.4, -0.2) is 30.3 Å². The lowest BCUT2D eigenvalue weighted by Crippen LogP contribution is -2.41. The van der Waals surface area contributed by atoms with E-state index < -0.39 is 12.1 Å². The van der Waals surface area contributed by atoms with Crippen molar-refractivity contribution >= 4 is 40.1 Å². The molecule has 0 N–H and O–H groups in total. The Morgan fingerprint density at radius 2 is 1.73 bits per heavy atom. The van der Waals surface area contributed by atoms with Gasteiger partial charge in [0.2, 0.25) is 0 Å². The van der Waals surface area contributed by atoms with Crippen molar-refractivity contribution < 1.29 is 14.3 Å². The third kappa shape index (κ3) is 5.62. The molecule has 0 fully saturated rings. The average Bonchev–Trinajstić information content (AvgIpc) is 2.78. The van der Waals surface area contributed by atoms with Crippen LogP contribution in [0, 0.1) is 11.3 Å². The predicted molar refractivity (Wildman–Crippen MR) is 119 cm³/mol. The van der Waals surface area contributed by atoms with Crippen LogP contribution < -0.4 is 4.90 Å². The minimum atomic E-state index is -0.936. The highest BCUT2D eigenvalue weighted by molar-refractivity contribution is 8.00. The number of benzene rings is 3. The van der Waals surface area contributed by atoms with Crippen molar-refractivity contribution in [2.24, 2.45) is 0 Å². The lowest BCUT2D eigenvalue weighted by atomic mass is 10.1. The van der Waals surface area contributed by atoms with Crippen LogP contribution in [0.15, 0.2) is 77.7 Å². The Balaban J connectivity index is 1.58. The second-order valence-corrected chi connectivity index (χ2v) is 7.71. The molecule has 3 aromatic rings. The van der Waals surface area contributed by atoms with E-state index in [0.717, 1.165) is 15.7 Å². The number of carbonyl (C=O) groups is 2. The fourth-order valence-electron chi connectivity index (χ4n) is 3.04. The van der Waals surface area contributed by atoms with E-state index in [4.69, 9.17) is 10.00 Å². The Labute approximate surface area is 180 Å². The normalized spacial score (nSPS) is 11.5. The second-order valence-electron chi connectivity index (χ2n) is 6.66. The number of carbonyl (C=O) groups excluding carboxylic acids is 2. The number of amides is 1. The summed E-state index contributed by atoms with van der Waals surface area (Å²) in [7, 11) is 0. The fraction of sp³-hybridized carbons (Fsp3) is 0.208. The highest BCUT2D eigenvalue weighted by Gasteiger charge is 2.25. The van der Waals surface area contributed by atoms with Gasteiger partial charge in [0.25, 0.3) is 5.91 Å². The number of para-hydroxylation sites is 1. The first-order valence-corrected chi connectivity index (χ1v) is 10.6. The van der Waals surface area contributed by atoms with Gasteiger partial charge in [0, 0.05) is 17.1 Å². The van der Waals surface area contributed by atoms with Crippen LogP contribution in [0.2, 0.25) is 0 Å². The molecule has 5 nitrogen and oxygen atoms in total. The first-order valence-electron chi connectivity index (χ1n) is 9.63. The van der Waals surface area contributed by atoms with E-state index in [9.17, 15) is 9.59 Å². The van der Waals surface area contributed by atoms with Crippen molar-refractivity contribution in [2.75, 3.05) is 17.2 Å². The summed E-state index contributed by atoms with van der Waals surface area (Å²) in [4.78, 5) is 27.6. The summed E-state index contributed by atoms with van der Waals surface area (Å²) in [6.45, 7) is 1.80. The maximum atomic E-state index is 12.8. The van der Waals surface area contributed by atoms with Gasteiger partial charge in [0.1, 0.15) is 0 Å². The third-order valence-corrected chi connectivity index (χ3v) is 5.48. The Kier molecular flexibility index (Phi) is 7.47. The number of esters is 1. The van der Waals surface area contributed by atoms with Gasteiger partial charge in [-0.3, -0.25) is 9.59 Å². The van der Waals surface area contributed by atoms with E-state index in [0.29, 0.717) is 5.69 Å². The van der Waals surface area contributed by atoms with Crippen LogP contribution in [0.5, 0.6) is 0 Å². The van der Waals surface area contributed by atoms with E-state index in [1.54, 1.807) is 19.1 Å². The topological polar surface area (TPSA) is 70.4 Å². The van der Waals surface area contributed by atoms with Crippen molar-refractivity contribution in [3.63, 3.8) is 0 Å². The second kappa shape index (κ2) is 10.5. The SMILES string of the molecule is C[C@H](OC(=O)CSc1ccc2ccccc2c1)C(=O)N(CCC#N)c1ccccc1. The zero-order valence-electron chi connectivity index (χ0n) is 16.7. The van der Waals surface area contributed by atoms with Gasteiger partial charge in [0.05, 0.1) is 18.2 Å². The molecule has 0 aliphatic rings. The van der Waals surface area contributed by atoms with Crippen LogP contribution in [0.3, 0.4) is 0 Å². The molecule has 0 spiro atoms. The van der Waals surface area contributed by atoms with E-state index in [1.807, 2.05) is 66.7 Å². The highest BCUT2D eigenvalue weighted by Crippen LogP contribution is 2.24. The van der Waals surface area contributed by atoms with Crippen molar-refractivity contribution in [1.82, 2.24) is 0 Å². The average molecular weight is 419 g/mol. The van der Waals surface area contributed by atoms with Gasteiger partial charge in [-0.1, -0.05) is 48.5 Å². The quantitative estimate of drug-likeness (QED) is 0.388. The number of hydrogen-bond donors (Lipinski definition) is 0. The molecule has 3 rings (SSSR count). The Morgan fingerprint density at radius 3 is 2.47 bits per heavy atom. The number of nitrogens with zero attached hydrogens (tertiary/aromatic N) is 2. The van der Waals surface area contributed by atoms with Crippen LogP contribution >= 0.6 is 11.8 Å². The van der Waals surface area contributed by atoms with Gasteiger partial charge in [-0.2, -0.15) is 5.26 Å². The molecule has 0 bridgehead atoms. The molecule has 0 radical (unpaired) electrons. The molecule has 3 aromatic carbocycles. The maximum Gasteiger partial charge on any atom is 0.317 e. The number of hydrogen-bond acceptors (Lipinski definition) is 5. The summed E-state index contributed by atoms with van der Waals surface area (Å²) in [6.07, 6.45) is -0.743. The number of thioether (sulfide) groups is 1. The smallest absolute Gasteiger partial charge is 0.317 e. The van der Waals surface area contributed by atoms with Gasteiger partial charge >= 0.3 is 5.97 Å². The molecule has 0 unspecified atom stereocenters. The molecule has 0 aromatic heterocycles. The summed E-state index contributed by atoms with van der Waals surface area (Å²) in [5.74, 6) is -0.692. The number of anilines is 1. The van der Waals surface area contributed by atoms with Crippen molar-refractivity contribution in [3.8, 4) is 6.07 Å². The molecule has 30 heavy (non-hydrogen) atoms. The van der Waals surface area contributed by atoms with Crippen LogP contribution in [0.4, 0.5) is 5.69 Å². The molecule has 6 heteroatoms. The number of fused-ring (bicyclic) bond motifs is 1. The minimum absolute atomic E-state index is 0.111. The van der Waals surface area contributed by atoms with E-state index in [2.05, 4.69) is 0 Å². The summed E-state index contributed by atoms with van der Waals surface area (Å²) in [5.41, 5.74) is 0.672. The summed E-state index contributed by atoms with van der Waals surface area (Å²) in [6, 6.07) is 25.2. The van der Waals surface area contributed by atoms with Crippen LogP contribution in [-0.2, 0) is 14.3 Å². The van der Waals surface area contributed by atoms with E-state index in [1.165, 1.54) is 16.7 Å². The van der Waals surface area contributed by atoms with Gasteiger partial charge in [0.15, 0.2) is 6.10 Å². The van der Waals surface area contributed by atoms with Crippen LogP contribution in [0.25, 0.3) is 10.8 Å². The summed E-state index contributed by atoms with van der Waals surface area (Å²) >= 11 is 1.37. The molecular weight excluding hydrogens is 396 g/mol. The highest BCUT2D eigenvalue weighted by atomic mass is 32.2. The van der Waals surface area contributed by atoms with Gasteiger partial charge in [-0.25, -0.2) is 0 Å². The Hall–Kier alpha value is -3.30. The first-order chi connectivity index (χ1) is 14.6. The number of ether oxygens (including phenoxy) is 1. The van der Waals surface area contributed by atoms with Crippen molar-refractivity contribution in [1.29, 1.82) is 5.26 Å². The van der Waals surface area contributed by atoms with Gasteiger partial charge < -0.3 is 9.64 Å². The van der Waals surface area contributed by atoms with E-state index in [-0.39, 0.29) is 24.6 Å². The standard InChI is InChI=1S/C24H22N2O3S/c1-18(24(28)26(15-7-14-25)21-10-3-2-4-11-21)29-23(27)17-30-22-13-12-19-8-5-6-9-20(19)16-22/h2-6,8-13,16,18H,7,15,17H2,1H3/t18-/m0/s1. The molecule has 0 heterocycles. The Bertz CT molecular complexity index is 1060. The predicted octanol–water partition coefficient (Wildman–Crippen LogP) is 4.81. The number of nitriles is 1. The third-order valence-electron chi connectivity index (χ3n) is 4.51. The Morgan fingerprint density at radius 1 is 1.03 bits per heavy atom. The summed E-state index contributed by atoms with van der Waals surface area (Å²) < 4.78 is 5.37. The maximum absolute atomic E-state index is 12.8.